The number of ether oxygens (including phenoxy) is 1. The highest BCUT2D eigenvalue weighted by Gasteiger charge is 2.30. The number of nitrogens with one attached hydrogen (secondary N) is 1. The molecule has 1 saturated heterocycles. The summed E-state index contributed by atoms with van der Waals surface area (Å²) in [5.74, 6) is 0. The molecule has 0 spiro atoms. The lowest BCUT2D eigenvalue weighted by Crippen LogP contribution is -2.57. The first-order valence-corrected chi connectivity index (χ1v) is 4.56. The third kappa shape index (κ3) is 2.90. The van der Waals surface area contributed by atoms with Crippen LogP contribution in [-0.2, 0) is 9.53 Å². The summed E-state index contributed by atoms with van der Waals surface area (Å²) in [6.07, 6.45) is 1.75. The first-order valence-electron chi connectivity index (χ1n) is 4.56. The second-order valence-corrected chi connectivity index (χ2v) is 4.24. The lowest BCUT2D eigenvalue weighted by atomic mass is 10.2. The van der Waals surface area contributed by atoms with Gasteiger partial charge in [0.05, 0.1) is 0 Å². The predicted octanol–water partition coefficient (Wildman–Crippen LogP) is 0.610. The second kappa shape index (κ2) is 3.86. The van der Waals surface area contributed by atoms with Crippen molar-refractivity contribution in [2.75, 3.05) is 6.54 Å². The zero-order valence-electron chi connectivity index (χ0n) is 8.66. The largest absolute Gasteiger partial charge is 0.444 e. The molecule has 2 amide bonds. The van der Waals surface area contributed by atoms with Crippen LogP contribution < -0.4 is 5.32 Å². The van der Waals surface area contributed by atoms with E-state index in [1.54, 1.807) is 27.2 Å². The molecule has 1 radical (unpaired) electrons. The molecule has 0 aromatic carbocycles. The van der Waals surface area contributed by atoms with Crippen LogP contribution in [0.25, 0.3) is 0 Å². The van der Waals surface area contributed by atoms with Crippen LogP contribution in [-0.4, -0.2) is 35.7 Å². The van der Waals surface area contributed by atoms with Crippen LogP contribution in [0.3, 0.4) is 0 Å². The van der Waals surface area contributed by atoms with E-state index in [0.717, 1.165) is 6.42 Å². The SMILES string of the molecule is CC(C)(C)OC(=O)NC1CCN1[C]=O. The van der Waals surface area contributed by atoms with Crippen LogP contribution >= 0.6 is 0 Å². The maximum atomic E-state index is 11.2. The van der Waals surface area contributed by atoms with Crippen molar-refractivity contribution in [1.29, 1.82) is 0 Å². The quantitative estimate of drug-likeness (QED) is 0.708. The van der Waals surface area contributed by atoms with Crippen molar-refractivity contribution in [3.05, 3.63) is 0 Å². The van der Waals surface area contributed by atoms with Crippen LogP contribution in [0, 0.1) is 0 Å². The minimum absolute atomic E-state index is 0.248. The highest BCUT2D eigenvalue weighted by atomic mass is 16.6. The van der Waals surface area contributed by atoms with E-state index >= 15 is 0 Å². The van der Waals surface area contributed by atoms with Gasteiger partial charge in [-0.2, -0.15) is 0 Å². The molecule has 1 aliphatic heterocycles. The van der Waals surface area contributed by atoms with Gasteiger partial charge in [0.25, 0.3) is 0 Å². The number of alkyl carbamates (subject to hydrolysis) is 1. The Bertz CT molecular complexity index is 235. The maximum absolute atomic E-state index is 11.2. The summed E-state index contributed by atoms with van der Waals surface area (Å²) in [6.45, 7) is 6.01. The van der Waals surface area contributed by atoms with E-state index < -0.39 is 11.7 Å². The van der Waals surface area contributed by atoms with Gasteiger partial charge in [0.15, 0.2) is 0 Å². The molecule has 1 heterocycles. The van der Waals surface area contributed by atoms with Gasteiger partial charge in [0.2, 0.25) is 0 Å². The molecule has 1 fully saturated rings. The van der Waals surface area contributed by atoms with E-state index in [0.29, 0.717) is 6.54 Å². The van der Waals surface area contributed by atoms with Gasteiger partial charge in [0.1, 0.15) is 11.8 Å². The van der Waals surface area contributed by atoms with E-state index in [4.69, 9.17) is 4.74 Å². The zero-order valence-corrected chi connectivity index (χ0v) is 8.66. The van der Waals surface area contributed by atoms with Gasteiger partial charge in [-0.1, -0.05) is 0 Å². The van der Waals surface area contributed by atoms with E-state index in [2.05, 4.69) is 5.32 Å². The molecular weight excluding hydrogens is 184 g/mol. The van der Waals surface area contributed by atoms with Gasteiger partial charge in [-0.25, -0.2) is 4.79 Å². The molecule has 5 heteroatoms. The number of amides is 2. The number of hydrogen-bond acceptors (Lipinski definition) is 3. The lowest BCUT2D eigenvalue weighted by Gasteiger charge is -2.37. The molecule has 14 heavy (non-hydrogen) atoms. The molecule has 5 nitrogen and oxygen atoms in total. The predicted molar refractivity (Wildman–Crippen MR) is 50.2 cm³/mol. The minimum atomic E-state index is -0.510. The number of hydrogen-bond donors (Lipinski definition) is 1. The van der Waals surface area contributed by atoms with Crippen LogP contribution in [0.1, 0.15) is 27.2 Å². The van der Waals surface area contributed by atoms with Crippen molar-refractivity contribution in [2.24, 2.45) is 0 Å². The molecule has 1 aliphatic rings. The molecule has 0 aromatic heterocycles. The van der Waals surface area contributed by atoms with E-state index in [-0.39, 0.29) is 6.17 Å². The van der Waals surface area contributed by atoms with Crippen molar-refractivity contribution >= 4 is 12.5 Å². The summed E-state index contributed by atoms with van der Waals surface area (Å²) in [7, 11) is 0. The molecular formula is C9H15N2O3. The number of likely N-dealkylation sites (tertiary alicyclic amines) is 1. The van der Waals surface area contributed by atoms with Crippen molar-refractivity contribution in [3.8, 4) is 0 Å². The molecule has 0 saturated carbocycles. The number of nitrogens with zero attached hydrogens (tertiary/aromatic N) is 1. The van der Waals surface area contributed by atoms with E-state index in [1.807, 2.05) is 0 Å². The number of carbonyl (C=O) groups is 1. The van der Waals surface area contributed by atoms with Gasteiger partial charge in [-0.15, -0.1) is 0 Å². The van der Waals surface area contributed by atoms with Crippen molar-refractivity contribution in [2.45, 2.75) is 39.0 Å². The van der Waals surface area contributed by atoms with Gasteiger partial charge >= 0.3 is 12.5 Å². The standard InChI is InChI=1S/C9H15N2O3/c1-9(2,3)14-8(13)10-7-4-5-11(7)6-12/h7H,4-5H2,1-3H3,(H,10,13). The molecule has 1 unspecified atom stereocenters. The Labute approximate surface area is 83.4 Å². The number of carbonyl (C=O) groups excluding carboxylic acids is 2. The zero-order chi connectivity index (χ0) is 10.8. The van der Waals surface area contributed by atoms with Crippen molar-refractivity contribution in [1.82, 2.24) is 10.2 Å². The number of rotatable bonds is 2. The molecule has 1 N–H and O–H groups in total. The third-order valence-electron chi connectivity index (χ3n) is 1.82. The molecule has 1 atom stereocenters. The fourth-order valence-corrected chi connectivity index (χ4v) is 1.09. The first-order chi connectivity index (χ1) is 6.42. The molecule has 0 aromatic rings. The average molecular weight is 199 g/mol. The van der Waals surface area contributed by atoms with Crippen molar-refractivity contribution < 1.29 is 14.3 Å². The Morgan fingerprint density at radius 2 is 2.21 bits per heavy atom. The Balaban J connectivity index is 2.31. The Morgan fingerprint density at radius 3 is 2.57 bits per heavy atom. The Morgan fingerprint density at radius 1 is 1.57 bits per heavy atom. The monoisotopic (exact) mass is 199 g/mol. The van der Waals surface area contributed by atoms with Gasteiger partial charge in [0, 0.05) is 13.0 Å². The van der Waals surface area contributed by atoms with E-state index in [9.17, 15) is 9.59 Å². The summed E-state index contributed by atoms with van der Waals surface area (Å²) < 4.78 is 5.03. The first kappa shape index (κ1) is 10.8. The average Bonchev–Trinajstić information content (AvgIpc) is 1.96. The Hall–Kier alpha value is -1.26. The summed E-state index contributed by atoms with van der Waals surface area (Å²) in [4.78, 5) is 22.9. The summed E-state index contributed by atoms with van der Waals surface area (Å²) in [5.41, 5.74) is -0.510. The fourth-order valence-electron chi connectivity index (χ4n) is 1.09. The normalized spacial score (nSPS) is 21.1. The maximum Gasteiger partial charge on any atom is 0.409 e. The van der Waals surface area contributed by atoms with Gasteiger partial charge in [-0.3, -0.25) is 4.79 Å². The summed E-state index contributed by atoms with van der Waals surface area (Å²) >= 11 is 0. The summed E-state index contributed by atoms with van der Waals surface area (Å²) in [6, 6.07) is 0. The van der Waals surface area contributed by atoms with E-state index in [1.165, 1.54) is 4.90 Å². The van der Waals surface area contributed by atoms with Crippen LogP contribution in [0.2, 0.25) is 0 Å². The third-order valence-corrected chi connectivity index (χ3v) is 1.82. The van der Waals surface area contributed by atoms with Gasteiger partial charge in [-0.05, 0) is 20.8 Å². The van der Waals surface area contributed by atoms with Crippen LogP contribution in [0.4, 0.5) is 4.79 Å². The fraction of sp³-hybridized carbons (Fsp3) is 0.778. The Kier molecular flexibility index (Phi) is 2.98. The second-order valence-electron chi connectivity index (χ2n) is 4.24. The molecule has 1 rings (SSSR count). The highest BCUT2D eigenvalue weighted by molar-refractivity contribution is 5.68. The molecule has 0 bridgehead atoms. The molecule has 79 valence electrons. The summed E-state index contributed by atoms with van der Waals surface area (Å²) in [5, 5.41) is 2.58. The van der Waals surface area contributed by atoms with Crippen LogP contribution in [0.15, 0.2) is 0 Å². The highest BCUT2D eigenvalue weighted by Crippen LogP contribution is 2.13. The topological polar surface area (TPSA) is 58.6 Å². The molecule has 0 aliphatic carbocycles. The minimum Gasteiger partial charge on any atom is -0.444 e. The smallest absolute Gasteiger partial charge is 0.409 e. The van der Waals surface area contributed by atoms with Gasteiger partial charge < -0.3 is 15.0 Å². The lowest BCUT2D eigenvalue weighted by molar-refractivity contribution is 0.0376. The van der Waals surface area contributed by atoms with Crippen molar-refractivity contribution in [3.63, 3.8) is 0 Å². The van der Waals surface area contributed by atoms with Crippen LogP contribution in [0.5, 0.6) is 0 Å².